The van der Waals surface area contributed by atoms with Crippen LogP contribution in [0.2, 0.25) is 5.02 Å². The molecule has 0 bridgehead atoms. The molecule has 6 heteroatoms. The third-order valence-corrected chi connectivity index (χ3v) is 4.27. The molecule has 0 radical (unpaired) electrons. The molecule has 1 heterocycles. The molecule has 2 N–H and O–H groups in total. The molecule has 0 unspecified atom stereocenters. The first-order valence-corrected chi connectivity index (χ1v) is 7.76. The summed E-state index contributed by atoms with van der Waals surface area (Å²) < 4.78 is 1.61. The van der Waals surface area contributed by atoms with Crippen molar-refractivity contribution in [3.63, 3.8) is 0 Å². The highest BCUT2D eigenvalue weighted by Crippen LogP contribution is 2.26. The van der Waals surface area contributed by atoms with Crippen molar-refractivity contribution >= 4 is 17.5 Å². The lowest BCUT2D eigenvalue weighted by atomic mass is 9.83. The molecule has 1 aromatic carbocycles. The summed E-state index contributed by atoms with van der Waals surface area (Å²) in [6, 6.07) is 7.23. The molecule has 1 aromatic heterocycles. The van der Waals surface area contributed by atoms with Gasteiger partial charge in [-0.1, -0.05) is 23.7 Å². The van der Waals surface area contributed by atoms with E-state index >= 15 is 0 Å². The summed E-state index contributed by atoms with van der Waals surface area (Å²) >= 11 is 6.01. The molecule has 0 fully saturated rings. The SMILES string of the molecule is Cn1cc([C@@](C)(O)CNC(=O)C(C)(C)c2cccc(Cl)c2)cn1. The predicted molar refractivity (Wildman–Crippen MR) is 90.3 cm³/mol. The molecule has 0 aliphatic heterocycles. The molecule has 2 aromatic rings. The Balaban J connectivity index is 2.09. The molecular formula is C17H22ClN3O2. The van der Waals surface area contributed by atoms with Gasteiger partial charge in [-0.2, -0.15) is 5.10 Å². The van der Waals surface area contributed by atoms with Crippen LogP contribution in [0, 0.1) is 0 Å². The Hall–Kier alpha value is -1.85. The van der Waals surface area contributed by atoms with Crippen LogP contribution < -0.4 is 5.32 Å². The maximum absolute atomic E-state index is 12.6. The second-order valence-corrected chi connectivity index (χ2v) is 6.93. The van der Waals surface area contributed by atoms with E-state index in [1.165, 1.54) is 0 Å². The normalized spacial score (nSPS) is 14.3. The van der Waals surface area contributed by atoms with E-state index in [1.807, 2.05) is 26.0 Å². The lowest BCUT2D eigenvalue weighted by Crippen LogP contribution is -2.45. The summed E-state index contributed by atoms with van der Waals surface area (Å²) in [5, 5.41) is 18.0. The summed E-state index contributed by atoms with van der Waals surface area (Å²) in [5.41, 5.74) is -0.464. The van der Waals surface area contributed by atoms with Crippen LogP contribution in [0.4, 0.5) is 0 Å². The number of aliphatic hydroxyl groups is 1. The van der Waals surface area contributed by atoms with Crippen LogP contribution in [-0.4, -0.2) is 27.3 Å². The van der Waals surface area contributed by atoms with E-state index in [2.05, 4.69) is 10.4 Å². The highest BCUT2D eigenvalue weighted by Gasteiger charge is 2.32. The first kappa shape index (κ1) is 17.5. The first-order chi connectivity index (χ1) is 10.6. The molecule has 23 heavy (non-hydrogen) atoms. The standard InChI is InChI=1S/C17H22ClN3O2/c1-16(2,12-6-5-7-14(18)8-12)15(22)19-11-17(3,23)13-9-20-21(4)10-13/h5-10,23H,11H2,1-4H3,(H,19,22)/t17-/m0/s1. The van der Waals surface area contributed by atoms with Crippen molar-refractivity contribution in [1.29, 1.82) is 0 Å². The van der Waals surface area contributed by atoms with Crippen molar-refractivity contribution in [2.45, 2.75) is 31.8 Å². The fraction of sp³-hybridized carbons (Fsp3) is 0.412. The highest BCUT2D eigenvalue weighted by atomic mass is 35.5. The van der Waals surface area contributed by atoms with E-state index in [9.17, 15) is 9.90 Å². The Bertz CT molecular complexity index is 707. The van der Waals surface area contributed by atoms with E-state index in [-0.39, 0.29) is 12.5 Å². The molecule has 2 rings (SSSR count). The zero-order valence-corrected chi connectivity index (χ0v) is 14.6. The van der Waals surface area contributed by atoms with Crippen LogP contribution in [0.3, 0.4) is 0 Å². The predicted octanol–water partition coefficient (Wildman–Crippen LogP) is 2.38. The monoisotopic (exact) mass is 335 g/mol. The Labute approximate surface area is 141 Å². The number of aryl methyl sites for hydroxylation is 1. The minimum Gasteiger partial charge on any atom is -0.383 e. The number of hydrogen-bond donors (Lipinski definition) is 2. The minimum absolute atomic E-state index is 0.0987. The molecule has 124 valence electrons. The van der Waals surface area contributed by atoms with Gasteiger partial charge in [0.1, 0.15) is 5.60 Å². The van der Waals surface area contributed by atoms with Crippen LogP contribution in [0.1, 0.15) is 31.9 Å². The third kappa shape index (κ3) is 3.92. The fourth-order valence-corrected chi connectivity index (χ4v) is 2.47. The average Bonchev–Trinajstić information content (AvgIpc) is 2.92. The van der Waals surface area contributed by atoms with Crippen LogP contribution in [-0.2, 0) is 22.9 Å². The number of nitrogens with one attached hydrogen (secondary N) is 1. The number of nitrogens with zero attached hydrogens (tertiary/aromatic N) is 2. The molecular weight excluding hydrogens is 314 g/mol. The number of aromatic nitrogens is 2. The quantitative estimate of drug-likeness (QED) is 0.881. The number of halogens is 1. The van der Waals surface area contributed by atoms with Crippen LogP contribution in [0.5, 0.6) is 0 Å². The molecule has 5 nitrogen and oxygen atoms in total. The van der Waals surface area contributed by atoms with E-state index in [0.717, 1.165) is 5.56 Å². The lowest BCUT2D eigenvalue weighted by Gasteiger charge is -2.28. The van der Waals surface area contributed by atoms with Gasteiger partial charge < -0.3 is 10.4 Å². The number of carbonyl (C=O) groups excluding carboxylic acids is 1. The molecule has 1 amide bonds. The van der Waals surface area contributed by atoms with E-state index < -0.39 is 11.0 Å². The third-order valence-electron chi connectivity index (χ3n) is 4.03. The van der Waals surface area contributed by atoms with Gasteiger partial charge in [-0.15, -0.1) is 0 Å². The van der Waals surface area contributed by atoms with Crippen molar-refractivity contribution in [3.8, 4) is 0 Å². The van der Waals surface area contributed by atoms with Crippen molar-refractivity contribution < 1.29 is 9.90 Å². The van der Waals surface area contributed by atoms with E-state index in [1.54, 1.807) is 43.2 Å². The maximum atomic E-state index is 12.6. The summed E-state index contributed by atoms with van der Waals surface area (Å²) in [4.78, 5) is 12.6. The van der Waals surface area contributed by atoms with Crippen LogP contribution in [0.15, 0.2) is 36.7 Å². The Morgan fingerprint density at radius 1 is 1.35 bits per heavy atom. The number of rotatable bonds is 5. The van der Waals surface area contributed by atoms with E-state index in [0.29, 0.717) is 10.6 Å². The van der Waals surface area contributed by atoms with Gasteiger partial charge in [-0.25, -0.2) is 0 Å². The average molecular weight is 336 g/mol. The summed E-state index contributed by atoms with van der Waals surface area (Å²) in [6.45, 7) is 5.40. The molecule has 0 saturated heterocycles. The Morgan fingerprint density at radius 2 is 2.04 bits per heavy atom. The molecule has 0 saturated carbocycles. The topological polar surface area (TPSA) is 67.2 Å². The Kier molecular flexibility index (Phi) is 4.82. The van der Waals surface area contributed by atoms with Gasteiger partial charge in [0.15, 0.2) is 0 Å². The summed E-state index contributed by atoms with van der Waals surface area (Å²) in [5.74, 6) is -0.177. The van der Waals surface area contributed by atoms with Gasteiger partial charge in [0, 0.05) is 23.8 Å². The summed E-state index contributed by atoms with van der Waals surface area (Å²) in [6.07, 6.45) is 3.32. The summed E-state index contributed by atoms with van der Waals surface area (Å²) in [7, 11) is 1.78. The van der Waals surface area contributed by atoms with Crippen molar-refractivity contribution in [2.75, 3.05) is 6.54 Å². The van der Waals surface area contributed by atoms with E-state index in [4.69, 9.17) is 11.6 Å². The number of amides is 1. The largest absolute Gasteiger partial charge is 0.383 e. The fourth-order valence-electron chi connectivity index (χ4n) is 2.28. The second kappa shape index (κ2) is 6.34. The van der Waals surface area contributed by atoms with Crippen molar-refractivity contribution in [2.24, 2.45) is 7.05 Å². The van der Waals surface area contributed by atoms with Gasteiger partial charge in [-0.3, -0.25) is 9.48 Å². The number of carbonyl (C=O) groups is 1. The molecule has 0 spiro atoms. The van der Waals surface area contributed by atoms with Gasteiger partial charge in [0.25, 0.3) is 0 Å². The maximum Gasteiger partial charge on any atom is 0.230 e. The minimum atomic E-state index is -1.19. The zero-order chi connectivity index (χ0) is 17.3. The molecule has 0 aliphatic carbocycles. The van der Waals surface area contributed by atoms with Gasteiger partial charge in [0.2, 0.25) is 5.91 Å². The van der Waals surface area contributed by atoms with Gasteiger partial charge in [0.05, 0.1) is 18.2 Å². The number of benzene rings is 1. The van der Waals surface area contributed by atoms with Crippen LogP contribution >= 0.6 is 11.6 Å². The smallest absolute Gasteiger partial charge is 0.230 e. The van der Waals surface area contributed by atoms with Crippen molar-refractivity contribution in [3.05, 3.63) is 52.8 Å². The highest BCUT2D eigenvalue weighted by molar-refractivity contribution is 6.30. The van der Waals surface area contributed by atoms with Crippen molar-refractivity contribution in [1.82, 2.24) is 15.1 Å². The Morgan fingerprint density at radius 3 is 2.61 bits per heavy atom. The first-order valence-electron chi connectivity index (χ1n) is 7.39. The number of hydrogen-bond acceptors (Lipinski definition) is 3. The van der Waals surface area contributed by atoms with Gasteiger partial charge >= 0.3 is 0 Å². The zero-order valence-electron chi connectivity index (χ0n) is 13.8. The lowest BCUT2D eigenvalue weighted by molar-refractivity contribution is -0.126. The van der Waals surface area contributed by atoms with Gasteiger partial charge in [-0.05, 0) is 38.5 Å². The molecule has 1 atom stereocenters. The molecule has 0 aliphatic rings. The second-order valence-electron chi connectivity index (χ2n) is 6.49. The van der Waals surface area contributed by atoms with Crippen LogP contribution in [0.25, 0.3) is 0 Å².